The van der Waals surface area contributed by atoms with E-state index in [-0.39, 0.29) is 18.5 Å². The Morgan fingerprint density at radius 3 is 2.29 bits per heavy atom. The largest absolute Gasteiger partial charge is 0.462 e. The van der Waals surface area contributed by atoms with E-state index in [1.807, 2.05) is 30.3 Å². The maximum atomic E-state index is 10.9. The van der Waals surface area contributed by atoms with Crippen molar-refractivity contribution in [3.8, 4) is 0 Å². The SMILES string of the molecule is CC(=O)OC[C@H](Cc1ccccc1)OC(C)=O. The van der Waals surface area contributed by atoms with Gasteiger partial charge in [0.2, 0.25) is 0 Å². The van der Waals surface area contributed by atoms with Crippen molar-refractivity contribution >= 4 is 11.9 Å². The highest BCUT2D eigenvalue weighted by Crippen LogP contribution is 2.07. The molecule has 0 radical (unpaired) electrons. The number of esters is 2. The highest BCUT2D eigenvalue weighted by Gasteiger charge is 2.14. The van der Waals surface area contributed by atoms with Gasteiger partial charge in [0.1, 0.15) is 12.7 Å². The van der Waals surface area contributed by atoms with Gasteiger partial charge >= 0.3 is 11.9 Å². The lowest BCUT2D eigenvalue weighted by molar-refractivity contribution is -0.156. The van der Waals surface area contributed by atoms with E-state index >= 15 is 0 Å². The Bertz CT molecular complexity index is 372. The van der Waals surface area contributed by atoms with E-state index < -0.39 is 6.10 Å². The molecule has 4 heteroatoms. The summed E-state index contributed by atoms with van der Waals surface area (Å²) < 4.78 is 9.95. The monoisotopic (exact) mass is 236 g/mol. The second kappa shape index (κ2) is 6.68. The Labute approximate surface area is 101 Å². The average Bonchev–Trinajstić information content (AvgIpc) is 2.26. The molecule has 92 valence electrons. The molecule has 0 amide bonds. The van der Waals surface area contributed by atoms with E-state index in [0.717, 1.165) is 5.56 Å². The minimum Gasteiger partial charge on any atom is -0.462 e. The topological polar surface area (TPSA) is 52.6 Å². The molecular formula is C13H16O4. The van der Waals surface area contributed by atoms with Gasteiger partial charge in [-0.3, -0.25) is 9.59 Å². The molecule has 17 heavy (non-hydrogen) atoms. The summed E-state index contributed by atoms with van der Waals surface area (Å²) >= 11 is 0. The Hall–Kier alpha value is -1.84. The zero-order chi connectivity index (χ0) is 12.7. The number of hydrogen-bond acceptors (Lipinski definition) is 4. The average molecular weight is 236 g/mol. The summed E-state index contributed by atoms with van der Waals surface area (Å²) in [5.41, 5.74) is 1.03. The molecule has 0 aliphatic heterocycles. The van der Waals surface area contributed by atoms with Crippen LogP contribution in [0.2, 0.25) is 0 Å². The van der Waals surface area contributed by atoms with Gasteiger partial charge in [0.05, 0.1) is 0 Å². The van der Waals surface area contributed by atoms with Crippen molar-refractivity contribution in [2.24, 2.45) is 0 Å². The number of carbonyl (C=O) groups is 2. The quantitative estimate of drug-likeness (QED) is 0.730. The molecular weight excluding hydrogens is 220 g/mol. The van der Waals surface area contributed by atoms with Crippen LogP contribution in [0, 0.1) is 0 Å². The molecule has 0 fully saturated rings. The molecule has 0 bridgehead atoms. The van der Waals surface area contributed by atoms with E-state index in [9.17, 15) is 9.59 Å². The normalized spacial score (nSPS) is 11.6. The summed E-state index contributed by atoms with van der Waals surface area (Å²) in [4.78, 5) is 21.7. The molecule has 4 nitrogen and oxygen atoms in total. The van der Waals surface area contributed by atoms with Gasteiger partial charge in [-0.2, -0.15) is 0 Å². The van der Waals surface area contributed by atoms with Gasteiger partial charge in [-0.1, -0.05) is 30.3 Å². The summed E-state index contributed by atoms with van der Waals surface area (Å²) in [5, 5.41) is 0. The van der Waals surface area contributed by atoms with Crippen LogP contribution < -0.4 is 0 Å². The Morgan fingerprint density at radius 2 is 1.76 bits per heavy atom. The third-order valence-electron chi connectivity index (χ3n) is 2.11. The highest BCUT2D eigenvalue weighted by atomic mass is 16.6. The Balaban J connectivity index is 2.56. The minimum atomic E-state index is -0.432. The molecule has 0 aliphatic rings. The van der Waals surface area contributed by atoms with Crippen LogP contribution in [0.3, 0.4) is 0 Å². The third-order valence-corrected chi connectivity index (χ3v) is 2.11. The smallest absolute Gasteiger partial charge is 0.303 e. The predicted molar refractivity (Wildman–Crippen MR) is 62.3 cm³/mol. The second-order valence-electron chi connectivity index (χ2n) is 3.72. The zero-order valence-corrected chi connectivity index (χ0v) is 10.0. The number of hydrogen-bond donors (Lipinski definition) is 0. The standard InChI is InChI=1S/C13H16O4/c1-10(14)16-9-13(17-11(2)15)8-12-6-4-3-5-7-12/h3-7,13H,8-9H2,1-2H3/t13-/m0/s1. The van der Waals surface area contributed by atoms with Crippen molar-refractivity contribution < 1.29 is 19.1 Å². The molecule has 0 aliphatic carbocycles. The van der Waals surface area contributed by atoms with Crippen LogP contribution in [0.1, 0.15) is 19.4 Å². The molecule has 0 aromatic heterocycles. The van der Waals surface area contributed by atoms with Crippen LogP contribution in [0.15, 0.2) is 30.3 Å². The number of benzene rings is 1. The zero-order valence-electron chi connectivity index (χ0n) is 10.0. The fourth-order valence-electron chi connectivity index (χ4n) is 1.46. The van der Waals surface area contributed by atoms with E-state index in [1.165, 1.54) is 13.8 Å². The molecule has 0 unspecified atom stereocenters. The van der Waals surface area contributed by atoms with E-state index in [4.69, 9.17) is 9.47 Å². The molecule has 0 saturated heterocycles. The van der Waals surface area contributed by atoms with Crippen molar-refractivity contribution in [2.45, 2.75) is 26.4 Å². The Kier molecular flexibility index (Phi) is 5.20. The first kappa shape index (κ1) is 13.2. The van der Waals surface area contributed by atoms with Crippen molar-refractivity contribution in [1.29, 1.82) is 0 Å². The van der Waals surface area contributed by atoms with Crippen LogP contribution >= 0.6 is 0 Å². The van der Waals surface area contributed by atoms with Crippen molar-refractivity contribution in [3.05, 3.63) is 35.9 Å². The van der Waals surface area contributed by atoms with E-state index in [0.29, 0.717) is 6.42 Å². The van der Waals surface area contributed by atoms with Gasteiger partial charge in [-0.15, -0.1) is 0 Å². The van der Waals surface area contributed by atoms with Crippen LogP contribution in [0.25, 0.3) is 0 Å². The van der Waals surface area contributed by atoms with Crippen molar-refractivity contribution in [2.75, 3.05) is 6.61 Å². The molecule has 0 N–H and O–H groups in total. The van der Waals surface area contributed by atoms with Gasteiger partial charge in [0.15, 0.2) is 0 Å². The first-order valence-electron chi connectivity index (χ1n) is 5.42. The Morgan fingerprint density at radius 1 is 1.12 bits per heavy atom. The molecule has 0 saturated carbocycles. The highest BCUT2D eigenvalue weighted by molar-refractivity contribution is 5.67. The lowest BCUT2D eigenvalue weighted by Gasteiger charge is -2.16. The fraction of sp³-hybridized carbons (Fsp3) is 0.385. The van der Waals surface area contributed by atoms with Crippen LogP contribution in [0.5, 0.6) is 0 Å². The van der Waals surface area contributed by atoms with Gasteiger partial charge < -0.3 is 9.47 Å². The molecule has 1 rings (SSSR count). The summed E-state index contributed by atoms with van der Waals surface area (Å²) in [6.45, 7) is 2.75. The number of ether oxygens (including phenoxy) is 2. The summed E-state index contributed by atoms with van der Waals surface area (Å²) in [7, 11) is 0. The van der Waals surface area contributed by atoms with E-state index in [1.54, 1.807) is 0 Å². The molecule has 1 aromatic carbocycles. The number of rotatable bonds is 5. The molecule has 0 heterocycles. The van der Waals surface area contributed by atoms with Gasteiger partial charge in [-0.25, -0.2) is 0 Å². The third kappa shape index (κ3) is 5.70. The first-order chi connectivity index (χ1) is 8.08. The summed E-state index contributed by atoms with van der Waals surface area (Å²) in [6.07, 6.45) is 0.104. The maximum absolute atomic E-state index is 10.9. The van der Waals surface area contributed by atoms with Crippen molar-refractivity contribution in [1.82, 2.24) is 0 Å². The van der Waals surface area contributed by atoms with Crippen LogP contribution in [0.4, 0.5) is 0 Å². The number of carbonyl (C=O) groups excluding carboxylic acids is 2. The maximum Gasteiger partial charge on any atom is 0.303 e. The predicted octanol–water partition coefficient (Wildman–Crippen LogP) is 1.72. The van der Waals surface area contributed by atoms with Crippen LogP contribution in [-0.2, 0) is 25.5 Å². The first-order valence-corrected chi connectivity index (χ1v) is 5.42. The molecule has 1 aromatic rings. The van der Waals surface area contributed by atoms with E-state index in [2.05, 4.69) is 0 Å². The van der Waals surface area contributed by atoms with Gasteiger partial charge in [-0.05, 0) is 5.56 Å². The summed E-state index contributed by atoms with van der Waals surface area (Å²) in [6, 6.07) is 9.60. The second-order valence-corrected chi connectivity index (χ2v) is 3.72. The lowest BCUT2D eigenvalue weighted by atomic mass is 10.1. The molecule has 0 spiro atoms. The van der Waals surface area contributed by atoms with Crippen LogP contribution in [-0.4, -0.2) is 24.6 Å². The minimum absolute atomic E-state index is 0.0871. The van der Waals surface area contributed by atoms with Gasteiger partial charge in [0.25, 0.3) is 0 Å². The summed E-state index contributed by atoms with van der Waals surface area (Å²) in [5.74, 6) is -0.756. The fourth-order valence-corrected chi connectivity index (χ4v) is 1.46. The lowest BCUT2D eigenvalue weighted by Crippen LogP contribution is -2.25. The van der Waals surface area contributed by atoms with Gasteiger partial charge in [0, 0.05) is 20.3 Å². The molecule has 1 atom stereocenters. The van der Waals surface area contributed by atoms with Crippen molar-refractivity contribution in [3.63, 3.8) is 0 Å².